The predicted molar refractivity (Wildman–Crippen MR) is 59.0 cm³/mol. The first-order chi connectivity index (χ1) is 7.46. The van der Waals surface area contributed by atoms with Gasteiger partial charge in [-0.25, -0.2) is 0 Å². The summed E-state index contributed by atoms with van der Waals surface area (Å²) in [5.41, 5.74) is 0.0728. The van der Waals surface area contributed by atoms with Crippen LogP contribution >= 0.6 is 0 Å². The second kappa shape index (κ2) is 5.16. The quantitative estimate of drug-likeness (QED) is 0.835. The predicted octanol–water partition coefficient (Wildman–Crippen LogP) is 3.33. The van der Waals surface area contributed by atoms with Gasteiger partial charge in [0.25, 0.3) is 0 Å². The molecular formula is C12H14F3N. The monoisotopic (exact) mass is 229 g/mol. The lowest BCUT2D eigenvalue weighted by atomic mass is 9.98. The fourth-order valence-electron chi connectivity index (χ4n) is 1.45. The zero-order valence-corrected chi connectivity index (χ0v) is 9.06. The van der Waals surface area contributed by atoms with Gasteiger partial charge in [0.2, 0.25) is 0 Å². The molecule has 16 heavy (non-hydrogen) atoms. The van der Waals surface area contributed by atoms with Crippen molar-refractivity contribution in [3.05, 3.63) is 42.0 Å². The molecule has 0 heterocycles. The molecule has 0 amide bonds. The molecule has 0 unspecified atom stereocenters. The fraction of sp³-hybridized carbons (Fsp3) is 0.333. The van der Waals surface area contributed by atoms with Crippen molar-refractivity contribution in [2.75, 3.05) is 13.6 Å². The third-order valence-electron chi connectivity index (χ3n) is 2.29. The van der Waals surface area contributed by atoms with E-state index in [0.717, 1.165) is 6.07 Å². The average Bonchev–Trinajstić information content (AvgIpc) is 2.24. The molecule has 1 nitrogen and oxygen atoms in total. The SMILES string of the molecule is C=C(CCNC)c1ccccc1C(F)(F)F. The molecule has 1 rings (SSSR count). The van der Waals surface area contributed by atoms with Gasteiger partial charge < -0.3 is 5.32 Å². The van der Waals surface area contributed by atoms with Gasteiger partial charge in [-0.3, -0.25) is 0 Å². The van der Waals surface area contributed by atoms with E-state index in [-0.39, 0.29) is 5.56 Å². The van der Waals surface area contributed by atoms with Crippen LogP contribution in [-0.4, -0.2) is 13.6 Å². The highest BCUT2D eigenvalue weighted by Gasteiger charge is 2.33. The first-order valence-electron chi connectivity index (χ1n) is 4.95. The Bertz CT molecular complexity index is 369. The lowest BCUT2D eigenvalue weighted by Crippen LogP contribution is -2.11. The number of alkyl halides is 3. The Morgan fingerprint density at radius 3 is 2.50 bits per heavy atom. The zero-order chi connectivity index (χ0) is 12.2. The second-order valence-electron chi connectivity index (χ2n) is 3.50. The van der Waals surface area contributed by atoms with Gasteiger partial charge in [0.05, 0.1) is 5.56 Å². The van der Waals surface area contributed by atoms with Crippen LogP contribution in [0.25, 0.3) is 5.57 Å². The van der Waals surface area contributed by atoms with Gasteiger partial charge in [0, 0.05) is 0 Å². The molecular weight excluding hydrogens is 215 g/mol. The number of halogens is 3. The summed E-state index contributed by atoms with van der Waals surface area (Å²) < 4.78 is 38.0. The number of nitrogens with one attached hydrogen (secondary N) is 1. The molecule has 0 radical (unpaired) electrons. The van der Waals surface area contributed by atoms with Crippen molar-refractivity contribution in [1.82, 2.24) is 5.32 Å². The van der Waals surface area contributed by atoms with Crippen molar-refractivity contribution in [2.24, 2.45) is 0 Å². The molecule has 88 valence electrons. The van der Waals surface area contributed by atoms with Gasteiger partial charge in [-0.1, -0.05) is 24.8 Å². The molecule has 0 aliphatic carbocycles. The van der Waals surface area contributed by atoms with Crippen LogP contribution in [0.3, 0.4) is 0 Å². The van der Waals surface area contributed by atoms with Crippen LogP contribution in [0.5, 0.6) is 0 Å². The highest BCUT2D eigenvalue weighted by molar-refractivity contribution is 5.66. The standard InChI is InChI=1S/C12H14F3N/c1-9(7-8-16-2)10-5-3-4-6-11(10)12(13,14)15/h3-6,16H,1,7-8H2,2H3. The fourth-order valence-corrected chi connectivity index (χ4v) is 1.45. The third-order valence-corrected chi connectivity index (χ3v) is 2.29. The summed E-state index contributed by atoms with van der Waals surface area (Å²) >= 11 is 0. The minimum atomic E-state index is -4.32. The normalized spacial score (nSPS) is 11.5. The molecule has 0 fully saturated rings. The summed E-state index contributed by atoms with van der Waals surface area (Å²) in [6, 6.07) is 5.52. The minimum absolute atomic E-state index is 0.185. The Morgan fingerprint density at radius 2 is 1.94 bits per heavy atom. The van der Waals surface area contributed by atoms with Gasteiger partial charge in [-0.05, 0) is 37.2 Å². The largest absolute Gasteiger partial charge is 0.416 e. The smallest absolute Gasteiger partial charge is 0.319 e. The molecule has 1 aromatic carbocycles. The highest BCUT2D eigenvalue weighted by atomic mass is 19.4. The highest BCUT2D eigenvalue weighted by Crippen LogP contribution is 2.34. The summed E-state index contributed by atoms with van der Waals surface area (Å²) in [6.45, 7) is 4.31. The molecule has 1 aromatic rings. The number of benzene rings is 1. The molecule has 1 N–H and O–H groups in total. The molecule has 0 aliphatic rings. The first-order valence-corrected chi connectivity index (χ1v) is 4.95. The van der Waals surface area contributed by atoms with E-state index in [2.05, 4.69) is 11.9 Å². The Labute approximate surface area is 93.0 Å². The molecule has 0 bridgehead atoms. The second-order valence-corrected chi connectivity index (χ2v) is 3.50. The van der Waals surface area contributed by atoms with Crippen LogP contribution in [0, 0.1) is 0 Å². The van der Waals surface area contributed by atoms with Crippen molar-refractivity contribution < 1.29 is 13.2 Å². The zero-order valence-electron chi connectivity index (χ0n) is 9.06. The van der Waals surface area contributed by atoms with Crippen LogP contribution < -0.4 is 5.32 Å². The maximum Gasteiger partial charge on any atom is 0.416 e. The van der Waals surface area contributed by atoms with E-state index < -0.39 is 11.7 Å². The van der Waals surface area contributed by atoms with Gasteiger partial charge in [-0.15, -0.1) is 0 Å². The molecule has 0 saturated heterocycles. The van der Waals surface area contributed by atoms with Gasteiger partial charge in [0.15, 0.2) is 0 Å². The van der Waals surface area contributed by atoms with Crippen molar-refractivity contribution in [3.8, 4) is 0 Å². The number of hydrogen-bond acceptors (Lipinski definition) is 1. The minimum Gasteiger partial charge on any atom is -0.319 e. The van der Waals surface area contributed by atoms with Crippen LogP contribution in [-0.2, 0) is 6.18 Å². The van der Waals surface area contributed by atoms with Gasteiger partial charge in [-0.2, -0.15) is 13.2 Å². The molecule has 4 heteroatoms. The summed E-state index contributed by atoms with van der Waals surface area (Å²) in [5, 5.41) is 2.88. The Balaban J connectivity index is 3.00. The summed E-state index contributed by atoms with van der Waals surface area (Å²) in [7, 11) is 1.75. The Kier molecular flexibility index (Phi) is 4.12. The van der Waals surface area contributed by atoms with Crippen molar-refractivity contribution in [3.63, 3.8) is 0 Å². The third kappa shape index (κ3) is 3.10. The van der Waals surface area contributed by atoms with Crippen LogP contribution in [0.4, 0.5) is 13.2 Å². The number of rotatable bonds is 4. The average molecular weight is 229 g/mol. The van der Waals surface area contributed by atoms with Gasteiger partial charge >= 0.3 is 6.18 Å². The van der Waals surface area contributed by atoms with Crippen molar-refractivity contribution in [2.45, 2.75) is 12.6 Å². The Hall–Kier alpha value is -1.29. The lowest BCUT2D eigenvalue weighted by molar-refractivity contribution is -0.137. The first kappa shape index (κ1) is 12.8. The van der Waals surface area contributed by atoms with E-state index >= 15 is 0 Å². The topological polar surface area (TPSA) is 12.0 Å². The molecule has 0 aromatic heterocycles. The van der Waals surface area contributed by atoms with Gasteiger partial charge in [0.1, 0.15) is 0 Å². The van der Waals surface area contributed by atoms with Crippen LogP contribution in [0.1, 0.15) is 17.5 Å². The van der Waals surface area contributed by atoms with Crippen LogP contribution in [0.15, 0.2) is 30.8 Å². The summed E-state index contributed by atoms with van der Waals surface area (Å²) in [6.07, 6.45) is -3.82. The van der Waals surface area contributed by atoms with E-state index in [1.165, 1.54) is 12.1 Å². The Morgan fingerprint density at radius 1 is 1.31 bits per heavy atom. The van der Waals surface area contributed by atoms with E-state index in [1.54, 1.807) is 13.1 Å². The van der Waals surface area contributed by atoms with Crippen molar-refractivity contribution in [1.29, 1.82) is 0 Å². The van der Waals surface area contributed by atoms with Crippen molar-refractivity contribution >= 4 is 5.57 Å². The summed E-state index contributed by atoms with van der Waals surface area (Å²) in [4.78, 5) is 0. The molecule has 0 spiro atoms. The maximum absolute atomic E-state index is 12.7. The number of hydrogen-bond donors (Lipinski definition) is 1. The molecule has 0 atom stereocenters. The summed E-state index contributed by atoms with van der Waals surface area (Å²) in [5.74, 6) is 0. The van der Waals surface area contributed by atoms with E-state index in [9.17, 15) is 13.2 Å². The van der Waals surface area contributed by atoms with Crippen LogP contribution in [0.2, 0.25) is 0 Å². The van der Waals surface area contributed by atoms with E-state index in [4.69, 9.17) is 0 Å². The lowest BCUT2D eigenvalue weighted by Gasteiger charge is -2.14. The molecule has 0 saturated carbocycles. The molecule has 0 aliphatic heterocycles. The van der Waals surface area contributed by atoms with E-state index in [0.29, 0.717) is 18.5 Å². The van der Waals surface area contributed by atoms with E-state index in [1.807, 2.05) is 0 Å². The maximum atomic E-state index is 12.7.